The number of furan rings is 1. The molecular formula is C18H22N2O4. The third-order valence-electron chi connectivity index (χ3n) is 3.92. The highest BCUT2D eigenvalue weighted by Crippen LogP contribution is 2.30. The van der Waals surface area contributed by atoms with E-state index in [1.807, 2.05) is 50.2 Å². The number of benzene rings is 1. The van der Waals surface area contributed by atoms with E-state index in [9.17, 15) is 4.79 Å². The number of aryl methyl sites for hydroxylation is 1. The minimum Gasteiger partial charge on any atom is -0.486 e. The zero-order chi connectivity index (χ0) is 17.1. The molecule has 0 fully saturated rings. The van der Waals surface area contributed by atoms with E-state index in [4.69, 9.17) is 13.9 Å². The molecule has 0 saturated carbocycles. The second-order valence-corrected chi connectivity index (χ2v) is 6.00. The molecule has 2 amide bonds. The fourth-order valence-electron chi connectivity index (χ4n) is 2.59. The van der Waals surface area contributed by atoms with Crippen molar-refractivity contribution in [2.24, 2.45) is 0 Å². The first-order valence-electron chi connectivity index (χ1n) is 7.99. The van der Waals surface area contributed by atoms with Crippen LogP contribution in [0.5, 0.6) is 11.5 Å². The molecule has 0 bridgehead atoms. The van der Waals surface area contributed by atoms with Gasteiger partial charge in [-0.2, -0.15) is 0 Å². The minimum absolute atomic E-state index is 0.181. The van der Waals surface area contributed by atoms with Crippen LogP contribution in [-0.2, 0) is 0 Å². The van der Waals surface area contributed by atoms with E-state index < -0.39 is 0 Å². The molecule has 0 saturated heterocycles. The highest BCUT2D eigenvalue weighted by atomic mass is 16.6. The summed E-state index contributed by atoms with van der Waals surface area (Å²) in [5, 5.41) is 2.91. The molecule has 128 valence electrons. The van der Waals surface area contributed by atoms with Gasteiger partial charge in [-0.3, -0.25) is 0 Å². The Kier molecular flexibility index (Phi) is 4.64. The van der Waals surface area contributed by atoms with Gasteiger partial charge < -0.3 is 24.1 Å². The van der Waals surface area contributed by atoms with E-state index >= 15 is 0 Å². The van der Waals surface area contributed by atoms with Crippen LogP contribution in [-0.4, -0.2) is 37.2 Å². The zero-order valence-electron chi connectivity index (χ0n) is 14.1. The summed E-state index contributed by atoms with van der Waals surface area (Å²) in [6.07, 6.45) is -0.197. The number of carbonyl (C=O) groups is 1. The Morgan fingerprint density at radius 2 is 2.04 bits per heavy atom. The number of likely N-dealkylation sites (N-methyl/N-ethyl adjacent to an activating group) is 1. The number of nitrogens with one attached hydrogen (secondary N) is 1. The van der Waals surface area contributed by atoms with Crippen LogP contribution < -0.4 is 14.8 Å². The number of para-hydroxylation sites is 2. The first-order valence-corrected chi connectivity index (χ1v) is 7.99. The Morgan fingerprint density at radius 1 is 1.29 bits per heavy atom. The highest BCUT2D eigenvalue weighted by molar-refractivity contribution is 5.74. The van der Waals surface area contributed by atoms with Crippen molar-refractivity contribution in [1.82, 2.24) is 10.2 Å². The monoisotopic (exact) mass is 330 g/mol. The zero-order valence-corrected chi connectivity index (χ0v) is 14.1. The van der Waals surface area contributed by atoms with Gasteiger partial charge in [-0.25, -0.2) is 4.79 Å². The number of rotatable bonds is 4. The molecular weight excluding hydrogens is 308 g/mol. The Bertz CT molecular complexity index is 713. The van der Waals surface area contributed by atoms with E-state index in [1.165, 1.54) is 0 Å². The number of fused-ring (bicyclic) bond motifs is 1. The maximum atomic E-state index is 12.3. The summed E-state index contributed by atoms with van der Waals surface area (Å²) in [7, 11) is 1.74. The molecule has 3 rings (SSSR count). The molecule has 2 aromatic rings. The molecule has 24 heavy (non-hydrogen) atoms. The number of amides is 2. The van der Waals surface area contributed by atoms with Gasteiger partial charge in [0, 0.05) is 7.05 Å². The van der Waals surface area contributed by atoms with Gasteiger partial charge in [-0.05, 0) is 38.1 Å². The molecule has 6 nitrogen and oxygen atoms in total. The standard InChI is InChI=1S/C18H22N2O4/c1-12-8-9-15(23-12)13(2)19-18(21)20(3)10-14-11-22-16-6-4-5-7-17(16)24-14/h4-9,13-14H,10-11H2,1-3H3,(H,19,21)/t13-,14+/m0/s1. The molecule has 0 spiro atoms. The van der Waals surface area contributed by atoms with Crippen LogP contribution in [0.4, 0.5) is 4.79 Å². The largest absolute Gasteiger partial charge is 0.486 e. The van der Waals surface area contributed by atoms with Crippen molar-refractivity contribution in [3.63, 3.8) is 0 Å². The van der Waals surface area contributed by atoms with Gasteiger partial charge >= 0.3 is 6.03 Å². The van der Waals surface area contributed by atoms with Crippen molar-refractivity contribution in [3.05, 3.63) is 47.9 Å². The lowest BCUT2D eigenvalue weighted by Crippen LogP contribution is -2.46. The molecule has 1 aliphatic rings. The molecule has 0 radical (unpaired) electrons. The summed E-state index contributed by atoms with van der Waals surface area (Å²) in [5.41, 5.74) is 0. The first kappa shape index (κ1) is 16.2. The third-order valence-corrected chi connectivity index (χ3v) is 3.92. The summed E-state index contributed by atoms with van der Waals surface area (Å²) in [6.45, 7) is 4.62. The van der Waals surface area contributed by atoms with Gasteiger partial charge in [0.25, 0.3) is 0 Å². The van der Waals surface area contributed by atoms with E-state index in [0.29, 0.717) is 18.9 Å². The Balaban J connectivity index is 1.53. The van der Waals surface area contributed by atoms with Gasteiger partial charge in [0.2, 0.25) is 0 Å². The predicted octanol–water partition coefficient (Wildman–Crippen LogP) is 3.13. The molecule has 1 aliphatic heterocycles. The van der Waals surface area contributed by atoms with Gasteiger partial charge in [-0.15, -0.1) is 0 Å². The smallest absolute Gasteiger partial charge is 0.317 e. The van der Waals surface area contributed by atoms with E-state index in [-0.39, 0.29) is 18.2 Å². The van der Waals surface area contributed by atoms with Gasteiger partial charge in [0.05, 0.1) is 12.6 Å². The lowest BCUT2D eigenvalue weighted by atomic mass is 10.2. The van der Waals surface area contributed by atoms with Crippen molar-refractivity contribution >= 4 is 6.03 Å². The molecule has 1 aromatic carbocycles. The fourth-order valence-corrected chi connectivity index (χ4v) is 2.59. The van der Waals surface area contributed by atoms with Crippen LogP contribution in [0.2, 0.25) is 0 Å². The topological polar surface area (TPSA) is 63.9 Å². The normalized spacial score (nSPS) is 17.2. The highest BCUT2D eigenvalue weighted by Gasteiger charge is 2.24. The number of urea groups is 1. The van der Waals surface area contributed by atoms with Crippen molar-refractivity contribution in [2.75, 3.05) is 20.2 Å². The van der Waals surface area contributed by atoms with Crippen LogP contribution in [0.25, 0.3) is 0 Å². The second kappa shape index (κ2) is 6.86. The number of hydrogen-bond acceptors (Lipinski definition) is 4. The SMILES string of the molecule is Cc1ccc([C@H](C)NC(=O)N(C)C[C@@H]2COc3ccccc3O2)o1. The summed E-state index contributed by atoms with van der Waals surface area (Å²) < 4.78 is 17.1. The van der Waals surface area contributed by atoms with Crippen LogP contribution in [0.1, 0.15) is 24.5 Å². The number of hydrogen-bond donors (Lipinski definition) is 1. The lowest BCUT2D eigenvalue weighted by Gasteiger charge is -2.30. The minimum atomic E-state index is -0.197. The van der Waals surface area contributed by atoms with Crippen molar-refractivity contribution < 1.29 is 18.7 Å². The van der Waals surface area contributed by atoms with E-state index in [0.717, 1.165) is 17.3 Å². The lowest BCUT2D eigenvalue weighted by molar-refractivity contribution is 0.0712. The number of nitrogens with zero attached hydrogens (tertiary/aromatic N) is 1. The van der Waals surface area contributed by atoms with Crippen LogP contribution >= 0.6 is 0 Å². The fraction of sp³-hybridized carbons (Fsp3) is 0.389. The number of carbonyl (C=O) groups excluding carboxylic acids is 1. The molecule has 1 N–H and O–H groups in total. The maximum absolute atomic E-state index is 12.3. The van der Waals surface area contributed by atoms with Crippen LogP contribution in [0, 0.1) is 6.92 Å². The second-order valence-electron chi connectivity index (χ2n) is 6.00. The molecule has 2 heterocycles. The van der Waals surface area contributed by atoms with E-state index in [2.05, 4.69) is 5.32 Å². The summed E-state index contributed by atoms with van der Waals surface area (Å²) in [6, 6.07) is 10.9. The Hall–Kier alpha value is -2.63. The Labute approximate surface area is 141 Å². The van der Waals surface area contributed by atoms with Crippen molar-refractivity contribution in [2.45, 2.75) is 26.0 Å². The predicted molar refractivity (Wildman–Crippen MR) is 89.4 cm³/mol. The maximum Gasteiger partial charge on any atom is 0.317 e. The average molecular weight is 330 g/mol. The van der Waals surface area contributed by atoms with E-state index in [1.54, 1.807) is 11.9 Å². The molecule has 0 aliphatic carbocycles. The van der Waals surface area contributed by atoms with Gasteiger partial charge in [0.15, 0.2) is 17.6 Å². The van der Waals surface area contributed by atoms with Crippen LogP contribution in [0.3, 0.4) is 0 Å². The molecule has 1 aromatic heterocycles. The summed E-state index contributed by atoms with van der Waals surface area (Å²) in [4.78, 5) is 13.9. The average Bonchev–Trinajstić information content (AvgIpc) is 3.01. The first-order chi connectivity index (χ1) is 11.5. The summed E-state index contributed by atoms with van der Waals surface area (Å²) in [5.74, 6) is 3.01. The van der Waals surface area contributed by atoms with Crippen LogP contribution in [0.15, 0.2) is 40.8 Å². The molecule has 2 atom stereocenters. The van der Waals surface area contributed by atoms with Crippen molar-refractivity contribution in [1.29, 1.82) is 0 Å². The van der Waals surface area contributed by atoms with Gasteiger partial charge in [-0.1, -0.05) is 12.1 Å². The third kappa shape index (κ3) is 3.64. The van der Waals surface area contributed by atoms with Gasteiger partial charge in [0.1, 0.15) is 18.1 Å². The summed E-state index contributed by atoms with van der Waals surface area (Å²) >= 11 is 0. The molecule has 0 unspecified atom stereocenters. The van der Waals surface area contributed by atoms with Crippen molar-refractivity contribution in [3.8, 4) is 11.5 Å². The number of ether oxygens (including phenoxy) is 2. The Morgan fingerprint density at radius 3 is 2.75 bits per heavy atom. The quantitative estimate of drug-likeness (QED) is 0.935. The molecule has 6 heteroatoms.